The van der Waals surface area contributed by atoms with Gasteiger partial charge in [0.15, 0.2) is 0 Å². The molecular formula is C14H12N4O2. The lowest BCUT2D eigenvalue weighted by Gasteiger charge is -2.04. The number of hydrogen-bond donors (Lipinski definition) is 2. The number of rotatable bonds is 4. The summed E-state index contributed by atoms with van der Waals surface area (Å²) >= 11 is 0. The summed E-state index contributed by atoms with van der Waals surface area (Å²) in [5.41, 5.74) is 0.704. The molecule has 0 fully saturated rings. The maximum absolute atomic E-state index is 11.9. The van der Waals surface area contributed by atoms with Gasteiger partial charge in [0.1, 0.15) is 5.56 Å². The van der Waals surface area contributed by atoms with E-state index in [2.05, 4.69) is 15.3 Å². The van der Waals surface area contributed by atoms with Crippen LogP contribution >= 0.6 is 0 Å². The first-order chi connectivity index (χ1) is 9.72. The Balaban J connectivity index is 2.21. The number of carbonyl (C=O) groups is 1. The maximum Gasteiger partial charge on any atom is 0.261 e. The molecule has 2 heterocycles. The standard InChI is InChI=1S/C14H12N4O2/c15-7-3-9-17-13(19)10-5-6-12(18-14(10)20)11-4-1-2-8-16-11/h1-2,4-6,8H,3,9H2,(H,17,19)(H,18,20). The molecule has 6 heteroatoms. The van der Waals surface area contributed by atoms with Crippen LogP contribution in [-0.2, 0) is 0 Å². The Morgan fingerprint density at radius 3 is 2.85 bits per heavy atom. The van der Waals surface area contributed by atoms with Crippen LogP contribution in [-0.4, -0.2) is 22.4 Å². The van der Waals surface area contributed by atoms with Gasteiger partial charge in [-0.2, -0.15) is 5.26 Å². The van der Waals surface area contributed by atoms with E-state index in [0.717, 1.165) is 0 Å². The fourth-order valence-electron chi connectivity index (χ4n) is 1.65. The molecule has 2 rings (SSSR count). The van der Waals surface area contributed by atoms with Crippen molar-refractivity contribution < 1.29 is 4.79 Å². The van der Waals surface area contributed by atoms with Crippen molar-refractivity contribution in [2.45, 2.75) is 6.42 Å². The van der Waals surface area contributed by atoms with Crippen LogP contribution in [0.15, 0.2) is 41.3 Å². The molecule has 0 unspecified atom stereocenters. The smallest absolute Gasteiger partial charge is 0.261 e. The van der Waals surface area contributed by atoms with E-state index in [1.807, 2.05) is 12.1 Å². The summed E-state index contributed by atoms with van der Waals surface area (Å²) in [5, 5.41) is 10.9. The molecule has 0 atom stereocenters. The van der Waals surface area contributed by atoms with Crippen molar-refractivity contribution in [3.05, 3.63) is 52.4 Å². The summed E-state index contributed by atoms with van der Waals surface area (Å²) < 4.78 is 0. The van der Waals surface area contributed by atoms with Crippen LogP contribution in [0.2, 0.25) is 0 Å². The number of amides is 1. The summed E-state index contributed by atoms with van der Waals surface area (Å²) in [6.45, 7) is 0.219. The number of H-pyrrole nitrogens is 1. The molecule has 0 aliphatic heterocycles. The number of nitrogens with zero attached hydrogens (tertiary/aromatic N) is 2. The van der Waals surface area contributed by atoms with E-state index in [4.69, 9.17) is 5.26 Å². The average molecular weight is 268 g/mol. The molecule has 2 aromatic rings. The topological polar surface area (TPSA) is 98.6 Å². The summed E-state index contributed by atoms with van der Waals surface area (Å²) in [7, 11) is 0. The van der Waals surface area contributed by atoms with Crippen molar-refractivity contribution in [2.24, 2.45) is 0 Å². The largest absolute Gasteiger partial charge is 0.351 e. The fraction of sp³-hybridized carbons (Fsp3) is 0.143. The zero-order valence-corrected chi connectivity index (χ0v) is 10.6. The van der Waals surface area contributed by atoms with Gasteiger partial charge in [0.25, 0.3) is 11.5 Å². The Morgan fingerprint density at radius 2 is 2.20 bits per heavy atom. The molecule has 2 N–H and O–H groups in total. The van der Waals surface area contributed by atoms with Gasteiger partial charge >= 0.3 is 0 Å². The molecule has 0 aromatic carbocycles. The highest BCUT2D eigenvalue weighted by Crippen LogP contribution is 2.11. The highest BCUT2D eigenvalue weighted by molar-refractivity contribution is 5.94. The highest BCUT2D eigenvalue weighted by atomic mass is 16.2. The van der Waals surface area contributed by atoms with Gasteiger partial charge in [-0.1, -0.05) is 6.07 Å². The Kier molecular flexibility index (Phi) is 4.24. The van der Waals surface area contributed by atoms with Gasteiger partial charge in [-0.25, -0.2) is 0 Å². The fourth-order valence-corrected chi connectivity index (χ4v) is 1.65. The van der Waals surface area contributed by atoms with Gasteiger partial charge in [-0.15, -0.1) is 0 Å². The summed E-state index contributed by atoms with van der Waals surface area (Å²) in [6.07, 6.45) is 1.83. The first kappa shape index (κ1) is 13.5. The molecular weight excluding hydrogens is 256 g/mol. The van der Waals surface area contributed by atoms with Crippen LogP contribution in [0, 0.1) is 11.3 Å². The van der Waals surface area contributed by atoms with E-state index in [0.29, 0.717) is 11.4 Å². The third kappa shape index (κ3) is 3.09. The highest BCUT2D eigenvalue weighted by Gasteiger charge is 2.11. The second-order valence-corrected chi connectivity index (χ2v) is 3.99. The van der Waals surface area contributed by atoms with Gasteiger partial charge in [0.2, 0.25) is 0 Å². The Bertz CT molecular complexity index is 701. The molecule has 0 spiro atoms. The van der Waals surface area contributed by atoms with Crippen LogP contribution in [0.3, 0.4) is 0 Å². The molecule has 0 aliphatic rings. The molecule has 0 saturated heterocycles. The first-order valence-electron chi connectivity index (χ1n) is 6.02. The number of pyridine rings is 2. The minimum absolute atomic E-state index is 0.0163. The van der Waals surface area contributed by atoms with Gasteiger partial charge in [0.05, 0.1) is 23.9 Å². The van der Waals surface area contributed by atoms with Gasteiger partial charge in [-0.05, 0) is 24.3 Å². The molecule has 0 saturated carbocycles. The molecule has 20 heavy (non-hydrogen) atoms. The van der Waals surface area contributed by atoms with Crippen molar-refractivity contribution in [3.8, 4) is 17.5 Å². The Hall–Kier alpha value is -2.94. The van der Waals surface area contributed by atoms with Crippen molar-refractivity contribution in [1.29, 1.82) is 5.26 Å². The molecule has 0 aliphatic carbocycles. The predicted molar refractivity (Wildman–Crippen MR) is 72.9 cm³/mol. The van der Waals surface area contributed by atoms with Crippen molar-refractivity contribution in [1.82, 2.24) is 15.3 Å². The number of aromatic amines is 1. The first-order valence-corrected chi connectivity index (χ1v) is 6.02. The number of nitriles is 1. The monoisotopic (exact) mass is 268 g/mol. The van der Waals surface area contributed by atoms with E-state index < -0.39 is 11.5 Å². The molecule has 100 valence electrons. The minimum atomic E-state index is -0.492. The van der Waals surface area contributed by atoms with Crippen LogP contribution in [0.1, 0.15) is 16.8 Å². The lowest BCUT2D eigenvalue weighted by molar-refractivity contribution is 0.0953. The van der Waals surface area contributed by atoms with Crippen molar-refractivity contribution >= 4 is 5.91 Å². The van der Waals surface area contributed by atoms with E-state index >= 15 is 0 Å². The molecule has 0 bridgehead atoms. The van der Waals surface area contributed by atoms with Crippen molar-refractivity contribution in [2.75, 3.05) is 6.54 Å². The molecule has 6 nitrogen and oxygen atoms in total. The van der Waals surface area contributed by atoms with E-state index in [9.17, 15) is 9.59 Å². The second-order valence-electron chi connectivity index (χ2n) is 3.99. The van der Waals surface area contributed by atoms with Gasteiger partial charge in [0, 0.05) is 12.7 Å². The maximum atomic E-state index is 11.9. The zero-order valence-electron chi connectivity index (χ0n) is 10.6. The van der Waals surface area contributed by atoms with Gasteiger partial charge in [-0.3, -0.25) is 14.6 Å². The SMILES string of the molecule is N#CCCNC(=O)c1ccc(-c2ccccn2)[nH]c1=O. The summed E-state index contributed by atoms with van der Waals surface area (Å²) in [4.78, 5) is 30.3. The van der Waals surface area contributed by atoms with Gasteiger partial charge < -0.3 is 10.3 Å². The van der Waals surface area contributed by atoms with Crippen LogP contribution in [0.5, 0.6) is 0 Å². The normalized spacial score (nSPS) is 9.75. The zero-order chi connectivity index (χ0) is 14.4. The Morgan fingerprint density at radius 1 is 1.35 bits per heavy atom. The third-order valence-electron chi connectivity index (χ3n) is 2.62. The summed E-state index contributed by atoms with van der Waals surface area (Å²) in [6, 6.07) is 10.3. The van der Waals surface area contributed by atoms with Crippen molar-refractivity contribution in [3.63, 3.8) is 0 Å². The predicted octanol–water partition coefficient (Wildman–Crippen LogP) is 1.08. The van der Waals surface area contributed by atoms with E-state index in [-0.39, 0.29) is 18.5 Å². The third-order valence-corrected chi connectivity index (χ3v) is 2.62. The van der Waals surface area contributed by atoms with Crippen LogP contribution in [0.25, 0.3) is 11.4 Å². The second kappa shape index (κ2) is 6.29. The van der Waals surface area contributed by atoms with Crippen LogP contribution < -0.4 is 10.9 Å². The number of nitrogens with one attached hydrogen (secondary N) is 2. The number of carbonyl (C=O) groups excluding carboxylic acids is 1. The average Bonchev–Trinajstić information content (AvgIpc) is 2.48. The van der Waals surface area contributed by atoms with E-state index in [1.54, 1.807) is 24.4 Å². The lowest BCUT2D eigenvalue weighted by Crippen LogP contribution is -2.30. The molecule has 1 amide bonds. The van der Waals surface area contributed by atoms with E-state index in [1.165, 1.54) is 6.07 Å². The lowest BCUT2D eigenvalue weighted by atomic mass is 10.2. The van der Waals surface area contributed by atoms with Crippen LogP contribution in [0.4, 0.5) is 0 Å². The molecule has 2 aromatic heterocycles. The minimum Gasteiger partial charge on any atom is -0.351 e. The summed E-state index contributed by atoms with van der Waals surface area (Å²) in [5.74, 6) is -0.492. The number of aromatic nitrogens is 2. The Labute approximate surface area is 115 Å². The quantitative estimate of drug-likeness (QED) is 0.810. The number of hydrogen-bond acceptors (Lipinski definition) is 4. The molecule has 0 radical (unpaired) electrons.